The molecular formula is C14H25N3O2S. The van der Waals surface area contributed by atoms with Crippen molar-refractivity contribution in [2.45, 2.75) is 56.7 Å². The summed E-state index contributed by atoms with van der Waals surface area (Å²) in [7, 11) is -2.94. The summed E-state index contributed by atoms with van der Waals surface area (Å²) in [6, 6.07) is 0.129. The van der Waals surface area contributed by atoms with Gasteiger partial charge in [-0.15, -0.1) is 0 Å². The molecule has 1 saturated carbocycles. The van der Waals surface area contributed by atoms with Gasteiger partial charge in [0.1, 0.15) is 0 Å². The first-order valence-electron chi connectivity index (χ1n) is 7.39. The van der Waals surface area contributed by atoms with Gasteiger partial charge >= 0.3 is 0 Å². The average molecular weight is 299 g/mol. The number of hydrogen-bond donors (Lipinski definition) is 2. The minimum absolute atomic E-state index is 0.129. The lowest BCUT2D eigenvalue weighted by atomic mass is 9.94. The Balaban J connectivity index is 1.79. The molecule has 0 aromatic carbocycles. The second-order valence-electron chi connectivity index (χ2n) is 5.84. The first-order chi connectivity index (χ1) is 9.48. The molecule has 114 valence electrons. The number of aryl methyl sites for hydroxylation is 2. The van der Waals surface area contributed by atoms with Gasteiger partial charge in [-0.05, 0) is 44.7 Å². The van der Waals surface area contributed by atoms with E-state index in [0.29, 0.717) is 0 Å². The van der Waals surface area contributed by atoms with Crippen molar-refractivity contribution in [2.24, 2.45) is 0 Å². The van der Waals surface area contributed by atoms with Crippen molar-refractivity contribution in [3.05, 3.63) is 17.5 Å². The molecule has 0 aliphatic heterocycles. The zero-order valence-corrected chi connectivity index (χ0v) is 13.2. The van der Waals surface area contributed by atoms with Gasteiger partial charge in [-0.3, -0.25) is 5.10 Å². The molecule has 2 N–H and O–H groups in total. The van der Waals surface area contributed by atoms with Gasteiger partial charge in [-0.25, -0.2) is 8.42 Å². The fourth-order valence-electron chi connectivity index (χ4n) is 3.04. The second-order valence-corrected chi connectivity index (χ2v) is 8.10. The normalized spacial score (nSPS) is 23.9. The van der Waals surface area contributed by atoms with Gasteiger partial charge in [-0.1, -0.05) is 12.8 Å². The maximum absolute atomic E-state index is 11.8. The van der Waals surface area contributed by atoms with Crippen LogP contribution < -0.4 is 5.32 Å². The molecule has 1 fully saturated rings. The Kier molecular flexibility index (Phi) is 5.21. The monoisotopic (exact) mass is 299 g/mol. The molecule has 1 aliphatic carbocycles. The minimum atomic E-state index is -2.94. The number of H-pyrrole nitrogens is 1. The maximum Gasteiger partial charge on any atom is 0.151 e. The first kappa shape index (κ1) is 15.5. The molecule has 0 amide bonds. The molecule has 6 heteroatoms. The van der Waals surface area contributed by atoms with Crippen LogP contribution in [0.25, 0.3) is 0 Å². The predicted molar refractivity (Wildman–Crippen MR) is 80.5 cm³/mol. The van der Waals surface area contributed by atoms with Gasteiger partial charge in [0.2, 0.25) is 0 Å². The fraction of sp³-hybridized carbons (Fsp3) is 0.786. The molecule has 1 aromatic heterocycles. The third-order valence-corrected chi connectivity index (χ3v) is 5.88. The largest absolute Gasteiger partial charge is 0.313 e. The lowest BCUT2D eigenvalue weighted by Crippen LogP contribution is -2.46. The van der Waals surface area contributed by atoms with Gasteiger partial charge in [0.15, 0.2) is 9.84 Å². The minimum Gasteiger partial charge on any atom is -0.313 e. The summed E-state index contributed by atoms with van der Waals surface area (Å²) in [5.74, 6) is 0. The molecule has 0 saturated heterocycles. The number of nitrogens with one attached hydrogen (secondary N) is 2. The van der Waals surface area contributed by atoms with E-state index in [4.69, 9.17) is 0 Å². The quantitative estimate of drug-likeness (QED) is 0.782. The molecule has 0 spiro atoms. The van der Waals surface area contributed by atoms with Gasteiger partial charge < -0.3 is 5.32 Å². The molecule has 2 rings (SSSR count). The number of nitrogens with zero attached hydrogens (tertiary/aromatic N) is 1. The summed E-state index contributed by atoms with van der Waals surface area (Å²) in [5.41, 5.74) is 2.37. The van der Waals surface area contributed by atoms with Crippen LogP contribution in [0.5, 0.6) is 0 Å². The van der Waals surface area contributed by atoms with E-state index in [0.717, 1.165) is 50.8 Å². The van der Waals surface area contributed by atoms with E-state index < -0.39 is 9.84 Å². The smallest absolute Gasteiger partial charge is 0.151 e. The molecule has 2 unspecified atom stereocenters. The number of aromatic nitrogens is 2. The summed E-state index contributed by atoms with van der Waals surface area (Å²) >= 11 is 0. The van der Waals surface area contributed by atoms with E-state index in [1.807, 2.05) is 13.1 Å². The van der Waals surface area contributed by atoms with Crippen LogP contribution in [0, 0.1) is 6.92 Å². The van der Waals surface area contributed by atoms with Crippen LogP contribution in [0.3, 0.4) is 0 Å². The Bertz CT molecular complexity index is 524. The van der Waals surface area contributed by atoms with Gasteiger partial charge in [0.05, 0.1) is 11.4 Å². The van der Waals surface area contributed by atoms with Crippen molar-refractivity contribution in [1.82, 2.24) is 15.5 Å². The summed E-state index contributed by atoms with van der Waals surface area (Å²) in [6.45, 7) is 2.89. The Morgan fingerprint density at radius 3 is 2.80 bits per heavy atom. The molecule has 0 radical (unpaired) electrons. The number of sulfone groups is 1. The molecule has 1 aromatic rings. The highest BCUT2D eigenvalue weighted by molar-refractivity contribution is 7.91. The highest BCUT2D eigenvalue weighted by Gasteiger charge is 2.31. The molecule has 0 bridgehead atoms. The lowest BCUT2D eigenvalue weighted by Gasteiger charge is -2.31. The van der Waals surface area contributed by atoms with Crippen LogP contribution >= 0.6 is 0 Å². The van der Waals surface area contributed by atoms with E-state index in [2.05, 4.69) is 15.5 Å². The van der Waals surface area contributed by atoms with Crippen molar-refractivity contribution < 1.29 is 8.42 Å². The van der Waals surface area contributed by atoms with Crippen molar-refractivity contribution in [1.29, 1.82) is 0 Å². The molecular weight excluding hydrogens is 274 g/mol. The van der Waals surface area contributed by atoms with Crippen LogP contribution in [-0.2, 0) is 16.3 Å². The predicted octanol–water partition coefficient (Wildman–Crippen LogP) is 1.60. The van der Waals surface area contributed by atoms with E-state index >= 15 is 0 Å². The lowest BCUT2D eigenvalue weighted by molar-refractivity contribution is 0.370. The van der Waals surface area contributed by atoms with Crippen molar-refractivity contribution in [2.75, 3.05) is 12.8 Å². The van der Waals surface area contributed by atoms with Crippen LogP contribution in [-0.4, -0.2) is 42.7 Å². The highest BCUT2D eigenvalue weighted by Crippen LogP contribution is 2.24. The molecule has 2 atom stereocenters. The summed E-state index contributed by atoms with van der Waals surface area (Å²) in [6.07, 6.45) is 9.16. The van der Waals surface area contributed by atoms with Gasteiger partial charge in [0, 0.05) is 18.0 Å². The Hall–Kier alpha value is -0.880. The first-order valence-corrected chi connectivity index (χ1v) is 9.35. The molecule has 20 heavy (non-hydrogen) atoms. The molecule has 5 nitrogen and oxygen atoms in total. The van der Waals surface area contributed by atoms with Crippen LogP contribution in [0.1, 0.15) is 43.4 Å². The van der Waals surface area contributed by atoms with Crippen molar-refractivity contribution in [3.8, 4) is 0 Å². The summed E-state index contributed by atoms with van der Waals surface area (Å²) in [4.78, 5) is 0. The third-order valence-electron chi connectivity index (χ3n) is 4.22. The van der Waals surface area contributed by atoms with Crippen molar-refractivity contribution in [3.63, 3.8) is 0 Å². The van der Waals surface area contributed by atoms with Crippen LogP contribution in [0.2, 0.25) is 0 Å². The Labute approximate surface area is 121 Å². The number of hydrogen-bond acceptors (Lipinski definition) is 4. The van der Waals surface area contributed by atoms with Crippen LogP contribution in [0.4, 0.5) is 0 Å². The highest BCUT2D eigenvalue weighted by atomic mass is 32.2. The zero-order chi connectivity index (χ0) is 14.6. The van der Waals surface area contributed by atoms with E-state index in [-0.39, 0.29) is 11.3 Å². The summed E-state index contributed by atoms with van der Waals surface area (Å²) in [5, 5.41) is 10.2. The SMILES string of the molecule is Cc1[nH]ncc1CCCNC1CCCCC1S(C)(=O)=O. The van der Waals surface area contributed by atoms with Gasteiger partial charge in [-0.2, -0.15) is 5.10 Å². The van der Waals surface area contributed by atoms with Crippen LogP contribution in [0.15, 0.2) is 6.20 Å². The Morgan fingerprint density at radius 2 is 2.15 bits per heavy atom. The summed E-state index contributed by atoms with van der Waals surface area (Å²) < 4.78 is 23.6. The van der Waals surface area contributed by atoms with E-state index in [1.54, 1.807) is 0 Å². The zero-order valence-electron chi connectivity index (χ0n) is 12.4. The third kappa shape index (κ3) is 4.06. The number of aromatic amines is 1. The average Bonchev–Trinajstić information content (AvgIpc) is 2.80. The van der Waals surface area contributed by atoms with E-state index in [1.165, 1.54) is 11.8 Å². The van der Waals surface area contributed by atoms with Crippen molar-refractivity contribution >= 4 is 9.84 Å². The maximum atomic E-state index is 11.8. The number of rotatable bonds is 6. The molecule has 1 aliphatic rings. The topological polar surface area (TPSA) is 74.8 Å². The Morgan fingerprint density at radius 1 is 1.40 bits per heavy atom. The standard InChI is InChI=1S/C14H25N3O2S/c1-11-12(10-16-17-11)6-5-9-15-13-7-3-4-8-14(13)20(2,18)19/h10,13-15H,3-9H2,1-2H3,(H,16,17). The van der Waals surface area contributed by atoms with E-state index in [9.17, 15) is 8.42 Å². The fourth-order valence-corrected chi connectivity index (χ4v) is 4.46. The van der Waals surface area contributed by atoms with Gasteiger partial charge in [0.25, 0.3) is 0 Å². The molecule has 1 heterocycles. The second kappa shape index (κ2) is 6.72.